The summed E-state index contributed by atoms with van der Waals surface area (Å²) in [6.07, 6.45) is 0.981. The fourth-order valence-corrected chi connectivity index (χ4v) is 2.56. The lowest BCUT2D eigenvalue weighted by molar-refractivity contribution is -0.138. The van der Waals surface area contributed by atoms with Crippen LogP contribution in [0.15, 0.2) is 24.3 Å². The zero-order chi connectivity index (χ0) is 14.4. The highest BCUT2D eigenvalue weighted by Gasteiger charge is 2.23. The molecule has 0 aliphatic carbocycles. The van der Waals surface area contributed by atoms with Crippen LogP contribution in [-0.4, -0.2) is 28.6 Å². The van der Waals surface area contributed by atoms with Gasteiger partial charge >= 0.3 is 5.97 Å². The minimum Gasteiger partial charge on any atom is -0.481 e. The number of nitrogens with zero attached hydrogens (tertiary/aromatic N) is 1. The minimum atomic E-state index is -0.792. The van der Waals surface area contributed by atoms with E-state index in [4.69, 9.17) is 5.11 Å². The van der Waals surface area contributed by atoms with Crippen molar-refractivity contribution in [1.29, 1.82) is 0 Å². The predicted octanol–water partition coefficient (Wildman–Crippen LogP) is 3.46. The van der Waals surface area contributed by atoms with Crippen molar-refractivity contribution >= 4 is 5.97 Å². The fraction of sp³-hybridized carbons (Fsp3) is 0.533. The number of halogens is 1. The lowest BCUT2D eigenvalue weighted by Crippen LogP contribution is -2.37. The van der Waals surface area contributed by atoms with Crippen molar-refractivity contribution in [1.82, 2.24) is 4.90 Å². The standard InChI is InChI=1S/C15H22FNO2/c1-4-14(12-6-8-13(16)9-7-12)17(5-2)11(3)10-15(18)19/h6-9,11,14H,4-5,10H2,1-3H3,(H,18,19). The normalized spacial score (nSPS) is 14.4. The average molecular weight is 267 g/mol. The van der Waals surface area contributed by atoms with Crippen LogP contribution in [0.4, 0.5) is 4.39 Å². The summed E-state index contributed by atoms with van der Waals surface area (Å²) in [5.74, 6) is -1.04. The number of benzene rings is 1. The number of carbonyl (C=O) groups is 1. The molecule has 0 radical (unpaired) electrons. The maximum Gasteiger partial charge on any atom is 0.304 e. The van der Waals surface area contributed by atoms with Crippen molar-refractivity contribution in [3.63, 3.8) is 0 Å². The van der Waals surface area contributed by atoms with E-state index in [-0.39, 0.29) is 24.3 Å². The zero-order valence-corrected chi connectivity index (χ0v) is 11.8. The van der Waals surface area contributed by atoms with Gasteiger partial charge in [-0.05, 0) is 37.6 Å². The van der Waals surface area contributed by atoms with E-state index in [1.807, 2.05) is 13.8 Å². The minimum absolute atomic E-state index is 0.0440. The number of carboxylic acid groups (broad SMARTS) is 1. The first-order valence-electron chi connectivity index (χ1n) is 6.72. The summed E-state index contributed by atoms with van der Waals surface area (Å²) in [6, 6.07) is 6.54. The van der Waals surface area contributed by atoms with Crippen molar-refractivity contribution in [3.05, 3.63) is 35.6 Å². The van der Waals surface area contributed by atoms with Crippen LogP contribution in [0.2, 0.25) is 0 Å². The molecule has 3 nitrogen and oxygen atoms in total. The Morgan fingerprint density at radius 1 is 1.32 bits per heavy atom. The molecule has 106 valence electrons. The molecule has 0 bridgehead atoms. The highest BCUT2D eigenvalue weighted by Crippen LogP contribution is 2.27. The van der Waals surface area contributed by atoms with Crippen molar-refractivity contribution in [2.45, 2.75) is 45.7 Å². The zero-order valence-electron chi connectivity index (χ0n) is 11.8. The topological polar surface area (TPSA) is 40.5 Å². The Labute approximate surface area is 114 Å². The van der Waals surface area contributed by atoms with Gasteiger partial charge < -0.3 is 5.11 Å². The highest BCUT2D eigenvalue weighted by molar-refractivity contribution is 5.67. The Morgan fingerprint density at radius 3 is 2.32 bits per heavy atom. The van der Waals surface area contributed by atoms with Gasteiger partial charge in [-0.2, -0.15) is 0 Å². The van der Waals surface area contributed by atoms with E-state index in [1.165, 1.54) is 12.1 Å². The second kappa shape index (κ2) is 7.24. The van der Waals surface area contributed by atoms with Gasteiger partial charge in [0.15, 0.2) is 0 Å². The highest BCUT2D eigenvalue weighted by atomic mass is 19.1. The van der Waals surface area contributed by atoms with Gasteiger partial charge in [0.25, 0.3) is 0 Å². The van der Waals surface area contributed by atoms with Crippen molar-refractivity contribution < 1.29 is 14.3 Å². The maximum atomic E-state index is 13.0. The molecule has 0 spiro atoms. The molecule has 1 N–H and O–H groups in total. The summed E-state index contributed by atoms with van der Waals surface area (Å²) in [7, 11) is 0. The molecule has 1 aromatic carbocycles. The second-order valence-electron chi connectivity index (χ2n) is 4.75. The molecular weight excluding hydrogens is 245 g/mol. The van der Waals surface area contributed by atoms with E-state index in [2.05, 4.69) is 11.8 Å². The van der Waals surface area contributed by atoms with E-state index in [0.717, 1.165) is 18.5 Å². The van der Waals surface area contributed by atoms with Crippen molar-refractivity contribution in [2.75, 3.05) is 6.54 Å². The molecule has 2 atom stereocenters. The summed E-state index contributed by atoms with van der Waals surface area (Å²) in [6.45, 7) is 6.77. The van der Waals surface area contributed by atoms with Crippen LogP contribution < -0.4 is 0 Å². The fourth-order valence-electron chi connectivity index (χ4n) is 2.56. The molecule has 0 amide bonds. The smallest absolute Gasteiger partial charge is 0.304 e. The first-order chi connectivity index (χ1) is 8.99. The quantitative estimate of drug-likeness (QED) is 0.822. The SMILES string of the molecule is CCC(c1ccc(F)cc1)N(CC)C(C)CC(=O)O. The van der Waals surface area contributed by atoms with Crippen molar-refractivity contribution in [2.24, 2.45) is 0 Å². The molecule has 2 unspecified atom stereocenters. The first-order valence-corrected chi connectivity index (χ1v) is 6.72. The first kappa shape index (κ1) is 15.6. The largest absolute Gasteiger partial charge is 0.481 e. The molecule has 19 heavy (non-hydrogen) atoms. The summed E-state index contributed by atoms with van der Waals surface area (Å²) >= 11 is 0. The molecule has 0 saturated heterocycles. The van der Waals surface area contributed by atoms with Crippen LogP contribution in [0, 0.1) is 5.82 Å². The molecule has 0 saturated carbocycles. The Balaban J connectivity index is 2.91. The van der Waals surface area contributed by atoms with Crippen molar-refractivity contribution in [3.8, 4) is 0 Å². The second-order valence-corrected chi connectivity index (χ2v) is 4.75. The Hall–Kier alpha value is -1.42. The van der Waals surface area contributed by atoms with Crippen LogP contribution in [0.5, 0.6) is 0 Å². The number of hydrogen-bond donors (Lipinski definition) is 1. The number of rotatable bonds is 7. The molecule has 0 aliphatic rings. The number of aliphatic carboxylic acids is 1. The number of hydrogen-bond acceptors (Lipinski definition) is 2. The summed E-state index contributed by atoms with van der Waals surface area (Å²) < 4.78 is 13.0. The Kier molecular flexibility index (Phi) is 5.96. The Morgan fingerprint density at radius 2 is 1.89 bits per heavy atom. The third kappa shape index (κ3) is 4.31. The third-order valence-electron chi connectivity index (χ3n) is 3.44. The molecule has 0 heterocycles. The summed E-state index contributed by atoms with van der Waals surface area (Å²) in [4.78, 5) is 13.0. The monoisotopic (exact) mass is 267 g/mol. The van der Waals surface area contributed by atoms with Gasteiger partial charge in [0.2, 0.25) is 0 Å². The molecule has 0 aliphatic heterocycles. The average Bonchev–Trinajstić information content (AvgIpc) is 2.36. The van der Waals surface area contributed by atoms with E-state index >= 15 is 0 Å². The summed E-state index contributed by atoms with van der Waals surface area (Å²) in [5.41, 5.74) is 1.03. The van der Waals surface area contributed by atoms with Gasteiger partial charge in [0.1, 0.15) is 5.82 Å². The van der Waals surface area contributed by atoms with Gasteiger partial charge in [-0.3, -0.25) is 9.69 Å². The van der Waals surface area contributed by atoms with Crippen LogP contribution in [-0.2, 0) is 4.79 Å². The molecule has 4 heteroatoms. The van der Waals surface area contributed by atoms with Gasteiger partial charge in [-0.25, -0.2) is 4.39 Å². The lowest BCUT2D eigenvalue weighted by Gasteiger charge is -2.35. The van der Waals surface area contributed by atoms with Gasteiger partial charge in [-0.15, -0.1) is 0 Å². The van der Waals surface area contributed by atoms with Crippen LogP contribution >= 0.6 is 0 Å². The molecule has 1 rings (SSSR count). The maximum absolute atomic E-state index is 13.0. The van der Waals surface area contributed by atoms with Gasteiger partial charge in [-0.1, -0.05) is 26.0 Å². The molecule has 1 aromatic rings. The number of carboxylic acids is 1. The van der Waals surface area contributed by atoms with Gasteiger partial charge in [0.05, 0.1) is 6.42 Å². The molecule has 0 aromatic heterocycles. The lowest BCUT2D eigenvalue weighted by atomic mass is 10.00. The van der Waals surface area contributed by atoms with E-state index in [9.17, 15) is 9.18 Å². The summed E-state index contributed by atoms with van der Waals surface area (Å²) in [5, 5.41) is 8.91. The van der Waals surface area contributed by atoms with E-state index < -0.39 is 5.97 Å². The molecule has 0 fully saturated rings. The van der Waals surface area contributed by atoms with Crippen LogP contribution in [0.3, 0.4) is 0 Å². The van der Waals surface area contributed by atoms with E-state index in [0.29, 0.717) is 0 Å². The predicted molar refractivity (Wildman–Crippen MR) is 73.5 cm³/mol. The van der Waals surface area contributed by atoms with Gasteiger partial charge in [0, 0.05) is 12.1 Å². The third-order valence-corrected chi connectivity index (χ3v) is 3.44. The van der Waals surface area contributed by atoms with E-state index in [1.54, 1.807) is 12.1 Å². The molecular formula is C15H22FNO2. The van der Waals surface area contributed by atoms with Crippen LogP contribution in [0.1, 0.15) is 45.2 Å². The Bertz CT molecular complexity index is 405. The van der Waals surface area contributed by atoms with Crippen LogP contribution in [0.25, 0.3) is 0 Å².